The molecule has 1 aromatic heterocycles. The van der Waals surface area contributed by atoms with Crippen LogP contribution in [0.3, 0.4) is 0 Å². The number of carbonyl (C=O) groups excluding carboxylic acids is 4. The van der Waals surface area contributed by atoms with Crippen molar-refractivity contribution in [2.45, 2.75) is 103 Å². The molecule has 4 amide bonds. The second-order valence-electron chi connectivity index (χ2n) is 14.0. The molecular formula is C37H49N7O10. The fourth-order valence-corrected chi connectivity index (χ4v) is 5.69. The van der Waals surface area contributed by atoms with Crippen molar-refractivity contribution in [3.05, 3.63) is 94.1 Å². The first-order valence-electron chi connectivity index (χ1n) is 17.5. The molecule has 3 aromatic rings. The van der Waals surface area contributed by atoms with Gasteiger partial charge in [0, 0.05) is 42.4 Å². The highest BCUT2D eigenvalue weighted by molar-refractivity contribution is 6.03. The molecule has 54 heavy (non-hydrogen) atoms. The molecule has 0 radical (unpaired) electrons. The molecule has 0 bridgehead atoms. The van der Waals surface area contributed by atoms with Gasteiger partial charge in [-0.2, -0.15) is 0 Å². The smallest absolute Gasteiger partial charge is 0.408 e. The first kappa shape index (κ1) is 42.7. The maximum absolute atomic E-state index is 14.6. The molecule has 0 aliphatic rings. The Labute approximate surface area is 312 Å². The lowest BCUT2D eigenvalue weighted by molar-refractivity contribution is -0.385. The van der Waals surface area contributed by atoms with Gasteiger partial charge in [-0.1, -0.05) is 68.8 Å². The Kier molecular flexibility index (Phi) is 15.4. The number of H-pyrrole nitrogens is 1. The number of aromatic nitrogens is 2. The fraction of sp³-hybridized carbons (Fsp3) is 0.459. The number of benzene rings is 2. The highest BCUT2D eigenvalue weighted by atomic mass is 16.6. The van der Waals surface area contributed by atoms with Crippen LogP contribution < -0.4 is 16.4 Å². The molecule has 1 heterocycles. The van der Waals surface area contributed by atoms with Crippen LogP contribution in [-0.4, -0.2) is 95.7 Å². The van der Waals surface area contributed by atoms with Crippen LogP contribution in [0.1, 0.15) is 64.3 Å². The van der Waals surface area contributed by atoms with Crippen molar-refractivity contribution >= 4 is 35.5 Å². The summed E-state index contributed by atoms with van der Waals surface area (Å²) in [5, 5.41) is 38.1. The molecule has 0 saturated carbocycles. The summed E-state index contributed by atoms with van der Waals surface area (Å²) >= 11 is 0. The number of alkyl carbamates (subject to hydrolysis) is 1. The lowest BCUT2D eigenvalue weighted by atomic mass is 9.94. The van der Waals surface area contributed by atoms with Gasteiger partial charge in [-0.25, -0.2) is 14.6 Å². The number of aromatic amines is 1. The van der Waals surface area contributed by atoms with E-state index >= 15 is 0 Å². The second-order valence-corrected chi connectivity index (χ2v) is 14.0. The number of aliphatic hydroxyl groups excluding tert-OH is 1. The summed E-state index contributed by atoms with van der Waals surface area (Å²) < 4.78 is 5.38. The van der Waals surface area contributed by atoms with Crippen molar-refractivity contribution in [3.8, 4) is 0 Å². The number of carboxylic acid groups (broad SMARTS) is 1. The van der Waals surface area contributed by atoms with E-state index in [0.29, 0.717) is 16.2 Å². The zero-order valence-corrected chi connectivity index (χ0v) is 30.9. The van der Waals surface area contributed by atoms with Crippen molar-refractivity contribution in [2.24, 2.45) is 11.7 Å². The quantitative estimate of drug-likeness (QED) is 0.0810. The Hall–Kier alpha value is -5.68. The first-order chi connectivity index (χ1) is 25.4. The van der Waals surface area contributed by atoms with E-state index in [-0.39, 0.29) is 36.9 Å². The van der Waals surface area contributed by atoms with Gasteiger partial charge in [0.05, 0.1) is 23.8 Å². The van der Waals surface area contributed by atoms with Crippen molar-refractivity contribution in [1.29, 1.82) is 0 Å². The number of hydrogen-bond acceptors (Lipinski definition) is 11. The predicted octanol–water partition coefficient (Wildman–Crippen LogP) is 2.66. The number of aliphatic hydroxyl groups is 1. The third kappa shape index (κ3) is 12.5. The van der Waals surface area contributed by atoms with Crippen LogP contribution in [0, 0.1) is 16.0 Å². The van der Waals surface area contributed by atoms with Gasteiger partial charge in [0.15, 0.2) is 0 Å². The molecule has 0 fully saturated rings. The summed E-state index contributed by atoms with van der Waals surface area (Å²) in [5.41, 5.74) is 6.27. The zero-order valence-electron chi connectivity index (χ0n) is 30.9. The van der Waals surface area contributed by atoms with E-state index in [4.69, 9.17) is 10.5 Å². The topological polar surface area (TPSA) is 260 Å². The van der Waals surface area contributed by atoms with Crippen LogP contribution in [-0.2, 0) is 43.2 Å². The Bertz CT molecular complexity index is 1750. The van der Waals surface area contributed by atoms with Crippen molar-refractivity contribution < 1.29 is 43.8 Å². The van der Waals surface area contributed by atoms with Crippen molar-refractivity contribution in [3.63, 3.8) is 0 Å². The summed E-state index contributed by atoms with van der Waals surface area (Å²) in [6.45, 7) is 8.15. The Morgan fingerprint density at radius 1 is 1.00 bits per heavy atom. The summed E-state index contributed by atoms with van der Waals surface area (Å²) in [4.78, 5) is 86.5. The van der Waals surface area contributed by atoms with Gasteiger partial charge < -0.3 is 36.3 Å². The number of nitro benzene ring substituents is 1. The van der Waals surface area contributed by atoms with E-state index in [1.807, 2.05) is 0 Å². The molecule has 0 spiro atoms. The van der Waals surface area contributed by atoms with E-state index < -0.39 is 82.9 Å². The third-order valence-corrected chi connectivity index (χ3v) is 8.63. The number of nitrogens with zero attached hydrogens (tertiary/aromatic N) is 3. The normalized spacial score (nSPS) is 14.7. The highest BCUT2D eigenvalue weighted by Gasteiger charge is 2.42. The van der Waals surface area contributed by atoms with E-state index in [9.17, 15) is 44.3 Å². The standard InChI is InChI=1S/C37H49N7O10/c1-6-22(2)32(35(49)50)43(31(46)19-30(45)26(38)17-24-14-10-11-15-29(24)44(52)53)34(48)28(18-25-20-39-21-40-25)41-33(47)27(16-23-12-8-7-9-13-23)42-36(51)54-37(3,4)5/h7-15,20-22,26-28,30,32,45H,6,16-19,38H2,1-5H3,(H,39,40)(H,41,47)(H,42,51)(H,49,50)/t22-,26-,27-,28-,30?,32-/m0/s1. The molecule has 3 rings (SSSR count). The molecule has 7 N–H and O–H groups in total. The lowest BCUT2D eigenvalue weighted by Crippen LogP contribution is -2.61. The first-order valence-corrected chi connectivity index (χ1v) is 17.5. The molecule has 292 valence electrons. The molecule has 0 aliphatic heterocycles. The Morgan fingerprint density at radius 3 is 2.22 bits per heavy atom. The average molecular weight is 752 g/mol. The van der Waals surface area contributed by atoms with Gasteiger partial charge in [-0.15, -0.1) is 0 Å². The van der Waals surface area contributed by atoms with E-state index in [0.717, 1.165) is 0 Å². The second kappa shape index (κ2) is 19.4. The minimum absolute atomic E-state index is 0.0200. The number of aliphatic carboxylic acids is 1. The Morgan fingerprint density at radius 2 is 1.65 bits per heavy atom. The van der Waals surface area contributed by atoms with Crippen LogP contribution in [0.2, 0.25) is 0 Å². The molecule has 17 heteroatoms. The number of nitrogens with two attached hydrogens (primary N) is 1. The summed E-state index contributed by atoms with van der Waals surface area (Å²) in [6, 6.07) is 8.67. The number of ether oxygens (including phenoxy) is 1. The SMILES string of the molecule is CC[C@H](C)[C@@H](C(=O)O)N(C(=O)CC(O)[C@@H](N)Cc1ccccc1[N+](=O)[O-])C(=O)[C@H](Cc1cnc[nH]1)NC(=O)[C@H](Cc1ccccc1)NC(=O)OC(C)(C)C. The molecule has 0 saturated heterocycles. The van der Waals surface area contributed by atoms with Gasteiger partial charge in [0.2, 0.25) is 11.8 Å². The van der Waals surface area contributed by atoms with E-state index in [2.05, 4.69) is 20.6 Å². The van der Waals surface area contributed by atoms with Crippen LogP contribution in [0.4, 0.5) is 10.5 Å². The number of carboxylic acids is 1. The number of nitrogens with one attached hydrogen (secondary N) is 3. The average Bonchev–Trinajstić information content (AvgIpc) is 3.62. The van der Waals surface area contributed by atoms with Crippen LogP contribution >= 0.6 is 0 Å². The molecule has 2 aromatic carbocycles. The maximum Gasteiger partial charge on any atom is 0.408 e. The van der Waals surface area contributed by atoms with E-state index in [1.165, 1.54) is 37.6 Å². The maximum atomic E-state index is 14.6. The molecule has 1 unspecified atom stereocenters. The fourth-order valence-electron chi connectivity index (χ4n) is 5.69. The Balaban J connectivity index is 2.00. The minimum Gasteiger partial charge on any atom is -0.480 e. The molecule has 6 atom stereocenters. The van der Waals surface area contributed by atoms with Crippen molar-refractivity contribution in [2.75, 3.05) is 0 Å². The summed E-state index contributed by atoms with van der Waals surface area (Å²) in [5.74, 6) is -5.33. The number of para-hydroxylation sites is 1. The summed E-state index contributed by atoms with van der Waals surface area (Å²) in [6.07, 6.45) is -0.947. The number of amides is 4. The number of nitro groups is 1. The number of hydrogen-bond donors (Lipinski definition) is 6. The van der Waals surface area contributed by atoms with E-state index in [1.54, 1.807) is 64.1 Å². The van der Waals surface area contributed by atoms with Crippen molar-refractivity contribution in [1.82, 2.24) is 25.5 Å². The predicted molar refractivity (Wildman–Crippen MR) is 196 cm³/mol. The molecule has 17 nitrogen and oxygen atoms in total. The third-order valence-electron chi connectivity index (χ3n) is 8.63. The van der Waals surface area contributed by atoms with Crippen LogP contribution in [0.15, 0.2) is 67.1 Å². The number of imidazole rings is 1. The highest BCUT2D eigenvalue weighted by Crippen LogP contribution is 2.23. The molecule has 0 aliphatic carbocycles. The van der Waals surface area contributed by atoms with Gasteiger partial charge in [0.1, 0.15) is 23.7 Å². The van der Waals surface area contributed by atoms with Crippen LogP contribution in [0.5, 0.6) is 0 Å². The van der Waals surface area contributed by atoms with Gasteiger partial charge in [-0.3, -0.25) is 29.4 Å². The minimum atomic E-state index is -1.73. The monoisotopic (exact) mass is 751 g/mol. The molecular weight excluding hydrogens is 702 g/mol. The lowest BCUT2D eigenvalue weighted by Gasteiger charge is -2.35. The number of rotatable bonds is 18. The van der Waals surface area contributed by atoms with Gasteiger partial charge in [-0.05, 0) is 38.7 Å². The zero-order chi connectivity index (χ0) is 40.2. The van der Waals surface area contributed by atoms with Crippen LogP contribution in [0.25, 0.3) is 0 Å². The van der Waals surface area contributed by atoms with Gasteiger partial charge in [0.25, 0.3) is 11.6 Å². The number of imide groups is 1. The summed E-state index contributed by atoms with van der Waals surface area (Å²) in [7, 11) is 0. The number of carbonyl (C=O) groups is 5. The van der Waals surface area contributed by atoms with Gasteiger partial charge >= 0.3 is 12.1 Å². The largest absolute Gasteiger partial charge is 0.480 e.